The highest BCUT2D eigenvalue weighted by molar-refractivity contribution is 6.32. The molecule has 0 saturated carbocycles. The lowest BCUT2D eigenvalue weighted by Crippen LogP contribution is -2.28. The second-order valence-corrected chi connectivity index (χ2v) is 6.92. The maximum absolute atomic E-state index is 12.8. The van der Waals surface area contributed by atoms with Crippen LogP contribution in [0.25, 0.3) is 0 Å². The van der Waals surface area contributed by atoms with Crippen molar-refractivity contribution in [2.75, 3.05) is 37.6 Å². The van der Waals surface area contributed by atoms with E-state index in [9.17, 15) is 9.59 Å². The van der Waals surface area contributed by atoms with Crippen LogP contribution in [-0.4, -0.2) is 39.2 Å². The van der Waals surface area contributed by atoms with E-state index < -0.39 is 5.92 Å². The zero-order valence-electron chi connectivity index (χ0n) is 16.5. The molecule has 2 aromatic rings. The number of nitrogens with zero attached hydrogens (tertiary/aromatic N) is 1. The summed E-state index contributed by atoms with van der Waals surface area (Å²) in [6.45, 7) is 2.78. The zero-order valence-corrected chi connectivity index (χ0v) is 17.3. The third-order valence-electron chi connectivity index (χ3n) is 4.69. The summed E-state index contributed by atoms with van der Waals surface area (Å²) in [4.78, 5) is 26.9. The van der Waals surface area contributed by atoms with Gasteiger partial charge in [0.1, 0.15) is 17.2 Å². The number of rotatable bonds is 7. The Bertz CT molecular complexity index is 901. The Hall–Kier alpha value is -2.93. The van der Waals surface area contributed by atoms with Crippen LogP contribution in [0.15, 0.2) is 36.4 Å². The van der Waals surface area contributed by atoms with Crippen LogP contribution in [0.5, 0.6) is 17.2 Å². The molecule has 0 aromatic heterocycles. The molecule has 1 N–H and O–H groups in total. The van der Waals surface area contributed by atoms with Crippen molar-refractivity contribution in [3.8, 4) is 17.2 Å². The number of nitrogens with one attached hydrogen (secondary N) is 1. The fourth-order valence-corrected chi connectivity index (χ4v) is 3.45. The molecule has 1 atom stereocenters. The molecule has 154 valence electrons. The summed E-state index contributed by atoms with van der Waals surface area (Å²) >= 11 is 6.10. The van der Waals surface area contributed by atoms with E-state index in [2.05, 4.69) is 5.32 Å². The minimum Gasteiger partial charge on any atom is -0.495 e. The number of ether oxygens (including phenoxy) is 3. The number of hydrogen-bond donors (Lipinski definition) is 1. The summed E-state index contributed by atoms with van der Waals surface area (Å²) in [5.41, 5.74) is 1.17. The molecule has 1 aliphatic rings. The first-order valence-corrected chi connectivity index (χ1v) is 9.60. The van der Waals surface area contributed by atoms with E-state index in [1.54, 1.807) is 17.0 Å². The van der Waals surface area contributed by atoms with Gasteiger partial charge in [0.2, 0.25) is 11.8 Å². The molecule has 1 heterocycles. The normalized spacial score (nSPS) is 15.9. The van der Waals surface area contributed by atoms with Crippen molar-refractivity contribution in [2.45, 2.75) is 13.3 Å². The molecule has 3 rings (SSSR count). The molecular formula is C21H23ClN2O5. The molecule has 2 amide bonds. The number of methoxy groups -OCH3 is 2. The second-order valence-electron chi connectivity index (χ2n) is 6.51. The topological polar surface area (TPSA) is 77.1 Å². The highest BCUT2D eigenvalue weighted by Crippen LogP contribution is 2.36. The average molecular weight is 419 g/mol. The fraction of sp³-hybridized carbons (Fsp3) is 0.333. The van der Waals surface area contributed by atoms with E-state index in [0.717, 1.165) is 11.4 Å². The Kier molecular flexibility index (Phi) is 6.49. The van der Waals surface area contributed by atoms with Crippen molar-refractivity contribution < 1.29 is 23.8 Å². The Morgan fingerprint density at radius 2 is 1.86 bits per heavy atom. The first kappa shape index (κ1) is 20.8. The standard InChI is InChI=1S/C21H23ClN2O5/c1-4-29-15-7-5-14(6-8-15)24-12-13(9-20(24)25)21(26)23-17-11-18(27-2)16(22)10-19(17)28-3/h5-8,10-11,13H,4,9,12H2,1-3H3,(H,23,26). The van der Waals surface area contributed by atoms with Gasteiger partial charge in [-0.3, -0.25) is 9.59 Å². The largest absolute Gasteiger partial charge is 0.495 e. The molecule has 1 saturated heterocycles. The van der Waals surface area contributed by atoms with Crippen LogP contribution in [-0.2, 0) is 9.59 Å². The first-order chi connectivity index (χ1) is 14.0. The zero-order chi connectivity index (χ0) is 21.0. The molecule has 0 aliphatic carbocycles. The Labute approximate surface area is 174 Å². The van der Waals surface area contributed by atoms with Crippen LogP contribution < -0.4 is 24.4 Å². The minimum atomic E-state index is -0.486. The van der Waals surface area contributed by atoms with Gasteiger partial charge < -0.3 is 24.4 Å². The molecule has 1 fully saturated rings. The summed E-state index contributed by atoms with van der Waals surface area (Å²) in [6.07, 6.45) is 0.131. The van der Waals surface area contributed by atoms with Crippen molar-refractivity contribution in [3.63, 3.8) is 0 Å². The summed E-state index contributed by atoms with van der Waals surface area (Å²) in [7, 11) is 2.98. The quantitative estimate of drug-likeness (QED) is 0.741. The smallest absolute Gasteiger partial charge is 0.229 e. The third-order valence-corrected chi connectivity index (χ3v) is 4.98. The summed E-state index contributed by atoms with van der Waals surface area (Å²) in [5.74, 6) is 0.712. The predicted octanol–water partition coefficient (Wildman–Crippen LogP) is 3.75. The lowest BCUT2D eigenvalue weighted by molar-refractivity contribution is -0.122. The third kappa shape index (κ3) is 4.56. The van der Waals surface area contributed by atoms with Gasteiger partial charge in [0.25, 0.3) is 0 Å². The summed E-state index contributed by atoms with van der Waals surface area (Å²) in [6, 6.07) is 10.4. The molecule has 0 spiro atoms. The van der Waals surface area contributed by atoms with Crippen molar-refractivity contribution in [2.24, 2.45) is 5.92 Å². The number of halogens is 1. The van der Waals surface area contributed by atoms with Gasteiger partial charge in [-0.2, -0.15) is 0 Å². The van der Waals surface area contributed by atoms with Crippen molar-refractivity contribution in [1.29, 1.82) is 0 Å². The molecule has 2 aromatic carbocycles. The maximum Gasteiger partial charge on any atom is 0.229 e. The Balaban J connectivity index is 1.72. The van der Waals surface area contributed by atoms with Gasteiger partial charge in [0.05, 0.1) is 37.5 Å². The van der Waals surface area contributed by atoms with E-state index in [1.165, 1.54) is 14.2 Å². The lowest BCUT2D eigenvalue weighted by atomic mass is 10.1. The van der Waals surface area contributed by atoms with Crippen LogP contribution in [0.1, 0.15) is 13.3 Å². The number of benzene rings is 2. The average Bonchev–Trinajstić information content (AvgIpc) is 3.11. The lowest BCUT2D eigenvalue weighted by Gasteiger charge is -2.18. The van der Waals surface area contributed by atoms with Crippen molar-refractivity contribution >= 4 is 34.8 Å². The van der Waals surface area contributed by atoms with Gasteiger partial charge in [-0.05, 0) is 31.2 Å². The fourth-order valence-electron chi connectivity index (χ4n) is 3.21. The SMILES string of the molecule is CCOc1ccc(N2CC(C(=O)Nc3cc(OC)c(Cl)cc3OC)CC2=O)cc1. The Morgan fingerprint density at radius 1 is 1.17 bits per heavy atom. The minimum absolute atomic E-state index is 0.102. The maximum atomic E-state index is 12.8. The summed E-state index contributed by atoms with van der Waals surface area (Å²) in [5, 5.41) is 3.20. The van der Waals surface area contributed by atoms with Gasteiger partial charge in [-0.15, -0.1) is 0 Å². The van der Waals surface area contributed by atoms with Gasteiger partial charge in [0, 0.05) is 30.8 Å². The number of hydrogen-bond acceptors (Lipinski definition) is 5. The molecule has 7 nitrogen and oxygen atoms in total. The number of amides is 2. The van der Waals surface area contributed by atoms with Gasteiger partial charge in [-0.25, -0.2) is 0 Å². The van der Waals surface area contributed by atoms with Gasteiger partial charge in [-0.1, -0.05) is 11.6 Å². The molecule has 0 bridgehead atoms. The van der Waals surface area contributed by atoms with Crippen molar-refractivity contribution in [1.82, 2.24) is 0 Å². The van der Waals surface area contributed by atoms with Crippen molar-refractivity contribution in [3.05, 3.63) is 41.4 Å². The van der Waals surface area contributed by atoms with E-state index in [1.807, 2.05) is 31.2 Å². The highest BCUT2D eigenvalue weighted by Gasteiger charge is 2.35. The van der Waals surface area contributed by atoms with E-state index in [0.29, 0.717) is 35.4 Å². The first-order valence-electron chi connectivity index (χ1n) is 9.22. The molecule has 1 unspecified atom stereocenters. The molecular weight excluding hydrogens is 396 g/mol. The van der Waals surface area contributed by atoms with Crippen LogP contribution >= 0.6 is 11.6 Å². The molecule has 8 heteroatoms. The molecule has 29 heavy (non-hydrogen) atoms. The molecule has 0 radical (unpaired) electrons. The Morgan fingerprint density at radius 3 is 2.48 bits per heavy atom. The van der Waals surface area contributed by atoms with E-state index >= 15 is 0 Å². The number of anilines is 2. The number of carbonyl (C=O) groups is 2. The molecule has 1 aliphatic heterocycles. The van der Waals surface area contributed by atoms with Crippen LogP contribution in [0, 0.1) is 5.92 Å². The number of carbonyl (C=O) groups excluding carboxylic acids is 2. The van der Waals surface area contributed by atoms with Gasteiger partial charge in [0.15, 0.2) is 0 Å². The second kappa shape index (κ2) is 9.05. The van der Waals surface area contributed by atoms with Crippen LogP contribution in [0.3, 0.4) is 0 Å². The van der Waals surface area contributed by atoms with Gasteiger partial charge >= 0.3 is 0 Å². The van der Waals surface area contributed by atoms with Crippen LogP contribution in [0.4, 0.5) is 11.4 Å². The summed E-state index contributed by atoms with van der Waals surface area (Å²) < 4.78 is 15.9. The van der Waals surface area contributed by atoms with Crippen LogP contribution in [0.2, 0.25) is 5.02 Å². The highest BCUT2D eigenvalue weighted by atomic mass is 35.5. The van der Waals surface area contributed by atoms with E-state index in [4.69, 9.17) is 25.8 Å². The predicted molar refractivity (Wildman–Crippen MR) is 111 cm³/mol. The van der Waals surface area contributed by atoms with E-state index in [-0.39, 0.29) is 18.2 Å². The monoisotopic (exact) mass is 418 g/mol.